The Kier molecular flexibility index (Phi) is 4.18. The summed E-state index contributed by atoms with van der Waals surface area (Å²) in [5.41, 5.74) is 7.13. The predicted octanol–water partition coefficient (Wildman–Crippen LogP) is 3.53. The van der Waals surface area contributed by atoms with E-state index in [4.69, 9.17) is 10.5 Å². The molecule has 17 heavy (non-hydrogen) atoms. The van der Waals surface area contributed by atoms with Crippen LogP contribution in [0.4, 0.5) is 0 Å². The summed E-state index contributed by atoms with van der Waals surface area (Å²) in [7, 11) is 0. The van der Waals surface area contributed by atoms with Crippen LogP contribution in [0.3, 0.4) is 0 Å². The number of hydrogen-bond acceptors (Lipinski definition) is 2. The molecule has 2 aromatic carbocycles. The van der Waals surface area contributed by atoms with Crippen LogP contribution in [0.1, 0.15) is 11.6 Å². The van der Waals surface area contributed by atoms with E-state index in [9.17, 15) is 0 Å². The van der Waals surface area contributed by atoms with Gasteiger partial charge in [0.1, 0.15) is 12.4 Å². The normalized spacial score (nSPS) is 12.1. The fraction of sp³-hybridized carbons (Fsp3) is 0.143. The van der Waals surface area contributed by atoms with Crippen molar-refractivity contribution in [2.24, 2.45) is 5.73 Å². The molecule has 0 spiro atoms. The van der Waals surface area contributed by atoms with Gasteiger partial charge in [-0.15, -0.1) is 0 Å². The van der Waals surface area contributed by atoms with Gasteiger partial charge in [-0.2, -0.15) is 0 Å². The molecular formula is C14H14BrNO. The molecule has 0 aliphatic rings. The second kappa shape index (κ2) is 5.84. The third-order valence-corrected chi connectivity index (χ3v) is 2.94. The zero-order chi connectivity index (χ0) is 12.1. The van der Waals surface area contributed by atoms with Crippen LogP contribution < -0.4 is 10.5 Å². The van der Waals surface area contributed by atoms with Gasteiger partial charge in [-0.05, 0) is 29.8 Å². The minimum absolute atomic E-state index is 0.118. The van der Waals surface area contributed by atoms with Crippen molar-refractivity contribution in [3.05, 3.63) is 64.6 Å². The molecule has 2 N–H and O–H groups in total. The lowest BCUT2D eigenvalue weighted by Gasteiger charge is -2.13. The summed E-state index contributed by atoms with van der Waals surface area (Å²) in [5, 5.41) is 0. The van der Waals surface area contributed by atoms with Crippen molar-refractivity contribution < 1.29 is 4.74 Å². The molecule has 1 unspecified atom stereocenters. The quantitative estimate of drug-likeness (QED) is 0.935. The van der Waals surface area contributed by atoms with Crippen molar-refractivity contribution in [3.8, 4) is 5.75 Å². The number of hydrogen-bond donors (Lipinski definition) is 1. The summed E-state index contributed by atoms with van der Waals surface area (Å²) in [6, 6.07) is 17.5. The minimum atomic E-state index is -0.118. The van der Waals surface area contributed by atoms with Crippen molar-refractivity contribution in [1.29, 1.82) is 0 Å². The molecule has 3 heteroatoms. The Balaban J connectivity index is 1.96. The van der Waals surface area contributed by atoms with Gasteiger partial charge < -0.3 is 10.5 Å². The van der Waals surface area contributed by atoms with Crippen LogP contribution in [0.15, 0.2) is 59.1 Å². The summed E-state index contributed by atoms with van der Waals surface area (Å²) in [6.45, 7) is 0.473. The first-order chi connectivity index (χ1) is 8.25. The first kappa shape index (κ1) is 12.1. The minimum Gasteiger partial charge on any atom is -0.492 e. The highest BCUT2D eigenvalue weighted by Crippen LogP contribution is 2.18. The van der Waals surface area contributed by atoms with Gasteiger partial charge in [-0.1, -0.05) is 46.3 Å². The molecule has 2 rings (SSSR count). The lowest BCUT2D eigenvalue weighted by Crippen LogP contribution is -2.18. The highest BCUT2D eigenvalue weighted by molar-refractivity contribution is 9.10. The van der Waals surface area contributed by atoms with Crippen LogP contribution in [0, 0.1) is 0 Å². The van der Waals surface area contributed by atoms with Crippen molar-refractivity contribution in [1.82, 2.24) is 0 Å². The number of ether oxygens (including phenoxy) is 1. The molecule has 0 aliphatic carbocycles. The molecule has 1 atom stereocenters. The van der Waals surface area contributed by atoms with E-state index in [2.05, 4.69) is 15.9 Å². The van der Waals surface area contributed by atoms with E-state index >= 15 is 0 Å². The average Bonchev–Trinajstić information content (AvgIpc) is 2.37. The highest BCUT2D eigenvalue weighted by atomic mass is 79.9. The summed E-state index contributed by atoms with van der Waals surface area (Å²) < 4.78 is 6.65. The molecule has 88 valence electrons. The van der Waals surface area contributed by atoms with Crippen LogP contribution in [0.5, 0.6) is 5.75 Å². The van der Waals surface area contributed by atoms with Gasteiger partial charge in [-0.25, -0.2) is 0 Å². The molecule has 0 radical (unpaired) electrons. The first-order valence-corrected chi connectivity index (χ1v) is 6.24. The van der Waals surface area contributed by atoms with Gasteiger partial charge in [0.05, 0.1) is 6.04 Å². The van der Waals surface area contributed by atoms with Gasteiger partial charge in [-0.3, -0.25) is 0 Å². The van der Waals surface area contributed by atoms with E-state index in [1.54, 1.807) is 0 Å². The lowest BCUT2D eigenvalue weighted by atomic mass is 10.1. The van der Waals surface area contributed by atoms with Gasteiger partial charge >= 0.3 is 0 Å². The largest absolute Gasteiger partial charge is 0.492 e. The van der Waals surface area contributed by atoms with E-state index in [-0.39, 0.29) is 6.04 Å². The molecule has 0 heterocycles. The molecule has 0 amide bonds. The predicted molar refractivity (Wildman–Crippen MR) is 73.0 cm³/mol. The average molecular weight is 292 g/mol. The summed E-state index contributed by atoms with van der Waals surface area (Å²) in [6.07, 6.45) is 0. The van der Waals surface area contributed by atoms with Gasteiger partial charge in [0, 0.05) is 4.47 Å². The number of halogens is 1. The lowest BCUT2D eigenvalue weighted by molar-refractivity contribution is 0.290. The molecule has 0 saturated carbocycles. The molecule has 2 nitrogen and oxygen atoms in total. The molecular weight excluding hydrogens is 278 g/mol. The van der Waals surface area contributed by atoms with Crippen molar-refractivity contribution in [3.63, 3.8) is 0 Å². The van der Waals surface area contributed by atoms with Crippen molar-refractivity contribution in [2.45, 2.75) is 6.04 Å². The Morgan fingerprint density at radius 2 is 1.82 bits per heavy atom. The highest BCUT2D eigenvalue weighted by Gasteiger charge is 2.06. The maximum atomic E-state index is 6.07. The molecule has 2 aromatic rings. The summed E-state index contributed by atoms with van der Waals surface area (Å²) in [5.74, 6) is 0.845. The third-order valence-electron chi connectivity index (χ3n) is 2.45. The van der Waals surface area contributed by atoms with Crippen molar-refractivity contribution >= 4 is 15.9 Å². The van der Waals surface area contributed by atoms with Crippen LogP contribution >= 0.6 is 15.9 Å². The topological polar surface area (TPSA) is 35.2 Å². The Hall–Kier alpha value is -1.32. The molecule has 0 aromatic heterocycles. The fourth-order valence-corrected chi connectivity index (χ4v) is 1.95. The summed E-state index contributed by atoms with van der Waals surface area (Å²) in [4.78, 5) is 0. The monoisotopic (exact) mass is 291 g/mol. The number of benzene rings is 2. The zero-order valence-electron chi connectivity index (χ0n) is 9.34. The Labute approximate surface area is 110 Å². The van der Waals surface area contributed by atoms with Gasteiger partial charge in [0.2, 0.25) is 0 Å². The van der Waals surface area contributed by atoms with Gasteiger partial charge in [0.25, 0.3) is 0 Å². The number of para-hydroxylation sites is 1. The van der Waals surface area contributed by atoms with Crippen LogP contribution in [-0.2, 0) is 0 Å². The molecule has 0 saturated heterocycles. The Morgan fingerprint density at radius 3 is 2.53 bits per heavy atom. The van der Waals surface area contributed by atoms with E-state index in [1.165, 1.54) is 0 Å². The molecule has 0 aliphatic heterocycles. The van der Waals surface area contributed by atoms with E-state index in [0.717, 1.165) is 15.8 Å². The SMILES string of the molecule is NC(COc1ccccc1)c1cccc(Br)c1. The second-order valence-corrected chi connectivity index (χ2v) is 4.70. The van der Waals surface area contributed by atoms with E-state index < -0.39 is 0 Å². The Bertz CT molecular complexity index is 473. The summed E-state index contributed by atoms with van der Waals surface area (Å²) >= 11 is 3.43. The third kappa shape index (κ3) is 3.58. The Morgan fingerprint density at radius 1 is 1.06 bits per heavy atom. The number of nitrogens with two attached hydrogens (primary N) is 1. The van der Waals surface area contributed by atoms with Crippen LogP contribution in [0.25, 0.3) is 0 Å². The molecule has 0 bridgehead atoms. The van der Waals surface area contributed by atoms with E-state index in [0.29, 0.717) is 6.61 Å². The second-order valence-electron chi connectivity index (χ2n) is 3.79. The first-order valence-electron chi connectivity index (χ1n) is 5.44. The zero-order valence-corrected chi connectivity index (χ0v) is 10.9. The van der Waals surface area contributed by atoms with Crippen molar-refractivity contribution in [2.75, 3.05) is 6.61 Å². The standard InChI is InChI=1S/C14H14BrNO/c15-12-6-4-5-11(9-12)14(16)10-17-13-7-2-1-3-8-13/h1-9,14H,10,16H2. The van der Waals surface area contributed by atoms with E-state index in [1.807, 2.05) is 54.6 Å². The fourth-order valence-electron chi connectivity index (χ4n) is 1.54. The number of rotatable bonds is 4. The maximum Gasteiger partial charge on any atom is 0.119 e. The maximum absolute atomic E-state index is 6.07. The van der Waals surface area contributed by atoms with Crippen LogP contribution in [-0.4, -0.2) is 6.61 Å². The molecule has 0 fully saturated rings. The smallest absolute Gasteiger partial charge is 0.119 e. The van der Waals surface area contributed by atoms with Crippen LogP contribution in [0.2, 0.25) is 0 Å². The van der Waals surface area contributed by atoms with Gasteiger partial charge in [0.15, 0.2) is 0 Å².